The highest BCUT2D eigenvalue weighted by atomic mass is 32.2. The van der Waals surface area contributed by atoms with Crippen molar-refractivity contribution in [3.63, 3.8) is 0 Å². The molecular weight excluding hydrogens is 392 g/mol. The van der Waals surface area contributed by atoms with Gasteiger partial charge in [-0.15, -0.1) is 0 Å². The third kappa shape index (κ3) is 8.86. The van der Waals surface area contributed by atoms with Crippen molar-refractivity contribution in [3.05, 3.63) is 0 Å². The minimum atomic E-state index is -3.04. The van der Waals surface area contributed by atoms with E-state index in [9.17, 15) is 21.6 Å². The van der Waals surface area contributed by atoms with E-state index in [1.807, 2.05) is 7.05 Å². The van der Waals surface area contributed by atoms with Crippen molar-refractivity contribution < 1.29 is 21.6 Å². The average Bonchev–Trinajstić information content (AvgIpc) is 3.09. The highest BCUT2D eigenvalue weighted by Gasteiger charge is 2.29. The number of hydrogen-bond donors (Lipinski definition) is 0. The number of nitrogens with zero attached hydrogens (tertiary/aromatic N) is 4. The van der Waals surface area contributed by atoms with Gasteiger partial charge in [-0.25, -0.2) is 12.7 Å². The van der Waals surface area contributed by atoms with Gasteiger partial charge < -0.3 is 4.90 Å². The Bertz CT molecular complexity index is 621. The van der Waals surface area contributed by atoms with E-state index in [4.69, 9.17) is 0 Å². The van der Waals surface area contributed by atoms with Crippen molar-refractivity contribution in [3.8, 4) is 0 Å². The molecule has 3 aliphatic rings. The molecule has 0 aromatic rings. The van der Waals surface area contributed by atoms with Crippen molar-refractivity contribution in [2.24, 2.45) is 0 Å². The van der Waals surface area contributed by atoms with Crippen LogP contribution in [0.2, 0.25) is 0 Å². The molecule has 166 valence electrons. The second-order valence-corrected chi connectivity index (χ2v) is 10.4. The van der Waals surface area contributed by atoms with Gasteiger partial charge in [0.2, 0.25) is 15.9 Å². The van der Waals surface area contributed by atoms with E-state index in [0.29, 0.717) is 31.3 Å². The maximum Gasteiger partial charge on any atom is 0.281 e. The summed E-state index contributed by atoms with van der Waals surface area (Å²) in [6, 6.07) is 0. The third-order valence-electron chi connectivity index (χ3n) is 4.18. The van der Waals surface area contributed by atoms with Gasteiger partial charge in [-0.3, -0.25) is 4.79 Å². The van der Waals surface area contributed by atoms with Crippen LogP contribution in [0.25, 0.3) is 0 Å². The van der Waals surface area contributed by atoms with Gasteiger partial charge in [-0.2, -0.15) is 17.0 Å². The maximum atomic E-state index is 10.9. The number of carbonyl (C=O) groups is 1. The topological polar surface area (TPSA) is 98.3 Å². The molecule has 0 aromatic carbocycles. The molecule has 3 saturated heterocycles. The zero-order valence-electron chi connectivity index (χ0n) is 14.8. The van der Waals surface area contributed by atoms with Crippen LogP contribution in [0.1, 0.15) is 41.5 Å². The van der Waals surface area contributed by atoms with Gasteiger partial charge in [0.15, 0.2) is 0 Å². The van der Waals surface area contributed by atoms with Crippen LogP contribution in [0.5, 0.6) is 0 Å². The highest BCUT2D eigenvalue weighted by molar-refractivity contribution is 7.89. The van der Waals surface area contributed by atoms with Crippen LogP contribution in [0, 0.1) is 0 Å². The lowest BCUT2D eigenvalue weighted by Crippen LogP contribution is -2.27. The largest absolute Gasteiger partial charge is 0.346 e. The minimum absolute atomic E-state index is 0. The van der Waals surface area contributed by atoms with E-state index < -0.39 is 20.2 Å². The molecule has 3 fully saturated rings. The number of likely N-dealkylation sites (tertiary alicyclic amines) is 1. The van der Waals surface area contributed by atoms with Gasteiger partial charge in [-0.1, -0.05) is 22.3 Å². The summed E-state index contributed by atoms with van der Waals surface area (Å²) >= 11 is 0. The van der Waals surface area contributed by atoms with E-state index in [1.165, 1.54) is 12.9 Å². The van der Waals surface area contributed by atoms with Crippen LogP contribution >= 0.6 is 0 Å². The predicted molar refractivity (Wildman–Crippen MR) is 112 cm³/mol. The molecule has 27 heavy (non-hydrogen) atoms. The number of carbonyl (C=O) groups excluding carboxylic acids is 1. The summed E-state index contributed by atoms with van der Waals surface area (Å²) < 4.78 is 47.3. The van der Waals surface area contributed by atoms with Crippen molar-refractivity contribution in [1.82, 2.24) is 17.8 Å². The molecule has 0 N–H and O–H groups in total. The normalized spacial score (nSPS) is 23.7. The Hall–Kier alpha value is -0.750. The summed E-state index contributed by atoms with van der Waals surface area (Å²) in [6.07, 6.45) is 2.60. The number of hydrogen-bond acceptors (Lipinski definition) is 5. The van der Waals surface area contributed by atoms with E-state index in [1.54, 1.807) is 26.0 Å². The van der Waals surface area contributed by atoms with Gasteiger partial charge in [0.1, 0.15) is 0 Å². The van der Waals surface area contributed by atoms with Crippen LogP contribution in [-0.2, 0) is 25.0 Å². The third-order valence-corrected chi connectivity index (χ3v) is 8.06. The summed E-state index contributed by atoms with van der Waals surface area (Å²) in [7, 11) is 0.792. The van der Waals surface area contributed by atoms with Gasteiger partial charge >= 0.3 is 0 Å². The molecule has 0 aliphatic carbocycles. The molecule has 0 unspecified atom stereocenters. The Morgan fingerprint density at radius 1 is 0.704 bits per heavy atom. The summed E-state index contributed by atoms with van der Waals surface area (Å²) in [6.45, 7) is 2.87. The molecule has 0 spiro atoms. The van der Waals surface area contributed by atoms with Crippen LogP contribution in [0.3, 0.4) is 0 Å². The number of sulfonamides is 1. The molecule has 0 aromatic heterocycles. The lowest BCUT2D eigenvalue weighted by molar-refractivity contribution is -0.126. The van der Waals surface area contributed by atoms with Gasteiger partial charge in [-0.05, 0) is 12.8 Å². The van der Waals surface area contributed by atoms with Crippen LogP contribution < -0.4 is 0 Å². The molecule has 0 bridgehead atoms. The second-order valence-electron chi connectivity index (χ2n) is 6.06. The van der Waals surface area contributed by atoms with Crippen molar-refractivity contribution in [1.29, 1.82) is 0 Å². The lowest BCUT2D eigenvalue weighted by atomic mass is 10.4. The van der Waals surface area contributed by atoms with Crippen molar-refractivity contribution >= 4 is 26.1 Å². The molecule has 0 radical (unpaired) electrons. The number of rotatable bonds is 0. The summed E-state index contributed by atoms with van der Waals surface area (Å²) in [5.74, 6) is 0.628. The number of likely N-dealkylation sites (N-methyl/N-ethyl adjacent to an activating group) is 2. The number of amides is 1. The predicted octanol–water partition coefficient (Wildman–Crippen LogP) is 0.907. The van der Waals surface area contributed by atoms with Gasteiger partial charge in [0, 0.05) is 60.8 Å². The Morgan fingerprint density at radius 2 is 1.19 bits per heavy atom. The lowest BCUT2D eigenvalue weighted by Gasteiger charge is -2.08. The molecule has 1 amide bonds. The van der Waals surface area contributed by atoms with Crippen molar-refractivity contribution in [2.45, 2.75) is 41.5 Å². The zero-order chi connectivity index (χ0) is 18.5. The first-order valence-corrected chi connectivity index (χ1v) is 10.8. The fourth-order valence-electron chi connectivity index (χ4n) is 2.30. The first-order valence-electron chi connectivity index (χ1n) is 7.84. The first kappa shape index (κ1) is 31.0. The molecule has 3 heterocycles. The highest BCUT2D eigenvalue weighted by Crippen LogP contribution is 2.10. The molecule has 11 heteroatoms. The Labute approximate surface area is 167 Å². The van der Waals surface area contributed by atoms with E-state index in [-0.39, 0.29) is 22.3 Å². The minimum Gasteiger partial charge on any atom is -0.346 e. The van der Waals surface area contributed by atoms with E-state index in [2.05, 4.69) is 0 Å². The summed E-state index contributed by atoms with van der Waals surface area (Å²) in [5.41, 5.74) is 0. The Kier molecular flexibility index (Phi) is 14.5. The summed E-state index contributed by atoms with van der Waals surface area (Å²) in [5, 5.41) is 0. The molecule has 0 atom stereocenters. The molecular formula is C16H40N4O5S2. The SMILES string of the molecule is C.C.C.CN1CCCC1=O.CN1CCCS1(=O)=O.CN1CCN(C)S1(=O)=O. The Morgan fingerprint density at radius 3 is 1.30 bits per heavy atom. The molecule has 3 rings (SSSR count). The first-order chi connectivity index (χ1) is 11.0. The molecule has 9 nitrogen and oxygen atoms in total. The van der Waals surface area contributed by atoms with Crippen LogP contribution in [0.4, 0.5) is 0 Å². The fraction of sp³-hybridized carbons (Fsp3) is 0.938. The second kappa shape index (κ2) is 12.7. The van der Waals surface area contributed by atoms with E-state index in [0.717, 1.165) is 25.8 Å². The van der Waals surface area contributed by atoms with Gasteiger partial charge in [0.25, 0.3) is 10.2 Å². The standard InChI is InChI=1S/C5H9NO.C4H10N2O2S.C4H9NO2S.3CH4/c1-6-4-2-3-5(6)7;1-5-3-4-6(2)9(5,7)8;1-5-3-2-4-8(5,6)7;;;/h2-4H2,1H3;3-4H2,1-2H3;2-4H2,1H3;3*1H4. The zero-order valence-corrected chi connectivity index (χ0v) is 16.4. The summed E-state index contributed by atoms with van der Waals surface area (Å²) in [4.78, 5) is 12.3. The van der Waals surface area contributed by atoms with E-state index >= 15 is 0 Å². The van der Waals surface area contributed by atoms with Gasteiger partial charge in [0.05, 0.1) is 5.75 Å². The quantitative estimate of drug-likeness (QED) is 0.566. The monoisotopic (exact) mass is 432 g/mol. The maximum absolute atomic E-state index is 10.9. The van der Waals surface area contributed by atoms with Crippen LogP contribution in [-0.4, -0.2) is 101 Å². The molecule has 3 aliphatic heterocycles. The van der Waals surface area contributed by atoms with Crippen LogP contribution in [0.15, 0.2) is 0 Å². The molecule has 0 saturated carbocycles. The smallest absolute Gasteiger partial charge is 0.281 e. The fourth-order valence-corrected chi connectivity index (χ4v) is 4.61. The average molecular weight is 433 g/mol. The Balaban J connectivity index is -0.000000305. The van der Waals surface area contributed by atoms with Crippen molar-refractivity contribution in [2.75, 3.05) is 60.1 Å².